The molecule has 2 nitrogen and oxygen atoms in total. The van der Waals surface area contributed by atoms with Crippen LogP contribution >= 0.6 is 22.6 Å². The molecule has 3 heteroatoms. The standard InChI is InChI=1S/C10H12IO2/c1-7(6-12)8-3-9(11)5-10(4-8)13-2/h3-5,12H,6H2,1-2H3. The Kier molecular flexibility index (Phi) is 3.99. The van der Waals surface area contributed by atoms with Crippen molar-refractivity contribution in [3.8, 4) is 5.75 Å². The van der Waals surface area contributed by atoms with Gasteiger partial charge in [0.2, 0.25) is 0 Å². The summed E-state index contributed by atoms with van der Waals surface area (Å²) in [6, 6.07) is 5.90. The summed E-state index contributed by atoms with van der Waals surface area (Å²) in [7, 11) is 1.64. The zero-order valence-electron chi connectivity index (χ0n) is 7.67. The molecule has 0 aliphatic carbocycles. The fraction of sp³-hybridized carbons (Fsp3) is 0.300. The second kappa shape index (κ2) is 4.81. The molecule has 1 radical (unpaired) electrons. The normalized spacial score (nSPS) is 10.5. The molecule has 71 valence electrons. The van der Waals surface area contributed by atoms with Crippen LogP contribution < -0.4 is 4.74 Å². The van der Waals surface area contributed by atoms with Crippen LogP contribution in [0, 0.1) is 9.49 Å². The minimum atomic E-state index is 0.0866. The number of hydrogen-bond acceptors (Lipinski definition) is 2. The van der Waals surface area contributed by atoms with Crippen LogP contribution in [0.1, 0.15) is 12.5 Å². The fourth-order valence-electron chi connectivity index (χ4n) is 1.02. The third-order valence-corrected chi connectivity index (χ3v) is 2.46. The van der Waals surface area contributed by atoms with Gasteiger partial charge in [0.15, 0.2) is 0 Å². The molecule has 0 aliphatic rings. The largest absolute Gasteiger partial charge is 0.497 e. The van der Waals surface area contributed by atoms with Crippen molar-refractivity contribution < 1.29 is 9.84 Å². The van der Waals surface area contributed by atoms with E-state index in [-0.39, 0.29) is 6.61 Å². The molecule has 13 heavy (non-hydrogen) atoms. The molecule has 0 spiro atoms. The van der Waals surface area contributed by atoms with Crippen LogP contribution in [0.25, 0.3) is 0 Å². The van der Waals surface area contributed by atoms with Crippen LogP contribution in [0.5, 0.6) is 5.75 Å². The van der Waals surface area contributed by atoms with Crippen LogP contribution in [0.2, 0.25) is 0 Å². The van der Waals surface area contributed by atoms with Gasteiger partial charge in [0.1, 0.15) is 5.75 Å². The number of halogens is 1. The third kappa shape index (κ3) is 2.84. The summed E-state index contributed by atoms with van der Waals surface area (Å²) in [5, 5.41) is 8.96. The number of rotatable bonds is 3. The summed E-state index contributed by atoms with van der Waals surface area (Å²) in [4.78, 5) is 0. The van der Waals surface area contributed by atoms with Crippen molar-refractivity contribution in [2.24, 2.45) is 0 Å². The lowest BCUT2D eigenvalue weighted by molar-refractivity contribution is 0.314. The van der Waals surface area contributed by atoms with E-state index in [9.17, 15) is 0 Å². The topological polar surface area (TPSA) is 29.5 Å². The van der Waals surface area contributed by atoms with Gasteiger partial charge in [0, 0.05) is 9.49 Å². The van der Waals surface area contributed by atoms with E-state index in [1.165, 1.54) is 0 Å². The monoisotopic (exact) mass is 291 g/mol. The van der Waals surface area contributed by atoms with Gasteiger partial charge >= 0.3 is 0 Å². The van der Waals surface area contributed by atoms with Crippen LogP contribution in [-0.2, 0) is 0 Å². The van der Waals surface area contributed by atoms with E-state index in [1.807, 2.05) is 25.1 Å². The van der Waals surface area contributed by atoms with Gasteiger partial charge in [0.25, 0.3) is 0 Å². The Morgan fingerprint density at radius 1 is 1.46 bits per heavy atom. The first kappa shape index (κ1) is 10.8. The van der Waals surface area contributed by atoms with Gasteiger partial charge in [-0.15, -0.1) is 0 Å². The predicted molar refractivity (Wildman–Crippen MR) is 60.8 cm³/mol. The van der Waals surface area contributed by atoms with Crippen molar-refractivity contribution in [2.75, 3.05) is 13.7 Å². The SMILES string of the molecule is COc1cc(I)cc([C](C)CO)c1. The quantitative estimate of drug-likeness (QED) is 0.865. The molecule has 0 saturated carbocycles. The maximum absolute atomic E-state index is 8.96. The first-order valence-corrected chi connectivity index (χ1v) is 5.03. The maximum Gasteiger partial charge on any atom is 0.120 e. The summed E-state index contributed by atoms with van der Waals surface area (Å²) in [5.41, 5.74) is 1.03. The van der Waals surface area contributed by atoms with E-state index in [0.717, 1.165) is 20.8 Å². The smallest absolute Gasteiger partial charge is 0.120 e. The molecule has 0 unspecified atom stereocenters. The molecule has 0 fully saturated rings. The highest BCUT2D eigenvalue weighted by molar-refractivity contribution is 14.1. The van der Waals surface area contributed by atoms with Crippen LogP contribution in [0.15, 0.2) is 18.2 Å². The first-order chi connectivity index (χ1) is 6.17. The molecule has 1 aromatic carbocycles. The van der Waals surface area contributed by atoms with Crippen molar-refractivity contribution in [3.05, 3.63) is 33.3 Å². The van der Waals surface area contributed by atoms with Crippen molar-refractivity contribution in [1.82, 2.24) is 0 Å². The molecule has 0 saturated heterocycles. The van der Waals surface area contributed by atoms with Gasteiger partial charge in [-0.2, -0.15) is 0 Å². The summed E-state index contributed by atoms with van der Waals surface area (Å²) in [6.45, 7) is 1.99. The van der Waals surface area contributed by atoms with E-state index in [0.29, 0.717) is 0 Å². The lowest BCUT2D eigenvalue weighted by Gasteiger charge is -2.10. The minimum Gasteiger partial charge on any atom is -0.497 e. The zero-order chi connectivity index (χ0) is 9.84. The van der Waals surface area contributed by atoms with E-state index in [2.05, 4.69) is 22.6 Å². The average molecular weight is 291 g/mol. The second-order valence-corrected chi connectivity index (χ2v) is 4.06. The van der Waals surface area contributed by atoms with Gasteiger partial charge < -0.3 is 9.84 Å². The van der Waals surface area contributed by atoms with E-state index >= 15 is 0 Å². The molecule has 1 aromatic rings. The van der Waals surface area contributed by atoms with Crippen molar-refractivity contribution in [3.63, 3.8) is 0 Å². The summed E-state index contributed by atoms with van der Waals surface area (Å²) in [6.07, 6.45) is 0. The van der Waals surface area contributed by atoms with Crippen LogP contribution in [0.4, 0.5) is 0 Å². The van der Waals surface area contributed by atoms with Crippen molar-refractivity contribution >= 4 is 22.6 Å². The highest BCUT2D eigenvalue weighted by Crippen LogP contribution is 2.23. The molecule has 1 rings (SSSR count). The predicted octanol–water partition coefficient (Wildman–Crippen LogP) is 2.23. The minimum absolute atomic E-state index is 0.0866. The average Bonchev–Trinajstić information content (AvgIpc) is 2.15. The Morgan fingerprint density at radius 2 is 2.15 bits per heavy atom. The molecule has 1 N–H and O–H groups in total. The Labute approximate surface area is 92.1 Å². The molecule has 0 aliphatic heterocycles. The van der Waals surface area contributed by atoms with Gasteiger partial charge in [-0.3, -0.25) is 0 Å². The van der Waals surface area contributed by atoms with Crippen LogP contribution in [-0.4, -0.2) is 18.8 Å². The summed E-state index contributed by atoms with van der Waals surface area (Å²) < 4.78 is 6.24. The van der Waals surface area contributed by atoms with Crippen molar-refractivity contribution in [1.29, 1.82) is 0 Å². The number of aliphatic hydroxyl groups is 1. The molecular weight excluding hydrogens is 279 g/mol. The number of hydrogen-bond donors (Lipinski definition) is 1. The van der Waals surface area contributed by atoms with Gasteiger partial charge in [0.05, 0.1) is 13.7 Å². The van der Waals surface area contributed by atoms with Gasteiger partial charge in [-0.05, 0) is 46.4 Å². The Bertz CT molecular complexity index is 286. The molecule has 0 atom stereocenters. The molecule has 0 aromatic heterocycles. The summed E-state index contributed by atoms with van der Waals surface area (Å²) in [5.74, 6) is 1.78. The number of ether oxygens (including phenoxy) is 1. The second-order valence-electron chi connectivity index (χ2n) is 2.82. The Balaban J connectivity index is 3.01. The molecule has 0 heterocycles. The lowest BCUT2D eigenvalue weighted by atomic mass is 10.0. The van der Waals surface area contributed by atoms with E-state index in [1.54, 1.807) is 7.11 Å². The third-order valence-electron chi connectivity index (χ3n) is 1.84. The number of methoxy groups -OCH3 is 1. The van der Waals surface area contributed by atoms with E-state index < -0.39 is 0 Å². The lowest BCUT2D eigenvalue weighted by Crippen LogP contribution is -2.00. The maximum atomic E-state index is 8.96. The van der Waals surface area contributed by atoms with Crippen LogP contribution in [0.3, 0.4) is 0 Å². The summed E-state index contributed by atoms with van der Waals surface area (Å²) >= 11 is 2.23. The zero-order valence-corrected chi connectivity index (χ0v) is 9.83. The molecule has 0 bridgehead atoms. The molecular formula is C10H12IO2. The highest BCUT2D eigenvalue weighted by atomic mass is 127. The highest BCUT2D eigenvalue weighted by Gasteiger charge is 2.07. The van der Waals surface area contributed by atoms with Gasteiger partial charge in [-0.25, -0.2) is 0 Å². The Hall–Kier alpha value is -0.290. The number of benzene rings is 1. The van der Waals surface area contributed by atoms with Gasteiger partial charge in [-0.1, -0.05) is 6.92 Å². The first-order valence-electron chi connectivity index (χ1n) is 3.95. The van der Waals surface area contributed by atoms with E-state index in [4.69, 9.17) is 9.84 Å². The fourth-order valence-corrected chi connectivity index (χ4v) is 1.66. The molecule has 0 amide bonds. The number of aliphatic hydroxyl groups excluding tert-OH is 1. The van der Waals surface area contributed by atoms with Crippen molar-refractivity contribution in [2.45, 2.75) is 6.92 Å². The Morgan fingerprint density at radius 3 is 2.69 bits per heavy atom.